The van der Waals surface area contributed by atoms with E-state index in [-0.39, 0.29) is 18.3 Å². The van der Waals surface area contributed by atoms with E-state index in [1.807, 2.05) is 0 Å². The fraction of sp³-hybridized carbons (Fsp3) is 0.684. The summed E-state index contributed by atoms with van der Waals surface area (Å²) in [6, 6.07) is -5.71. The van der Waals surface area contributed by atoms with Crippen molar-refractivity contribution in [3.05, 3.63) is 0 Å². The van der Waals surface area contributed by atoms with Gasteiger partial charge in [-0.3, -0.25) is 24.0 Å². The smallest absolute Gasteiger partial charge is 0.326 e. The van der Waals surface area contributed by atoms with Gasteiger partial charge in [-0.2, -0.15) is 0 Å². The lowest BCUT2D eigenvalue weighted by molar-refractivity contribution is -0.145. The Morgan fingerprint density at radius 3 is 1.38 bits per heavy atom. The maximum absolute atomic E-state index is 12.6. The average Bonchev–Trinajstić information content (AvgIpc) is 2.64. The molecule has 13 nitrogen and oxygen atoms in total. The Balaban J connectivity index is 5.56. The van der Waals surface area contributed by atoms with Crippen molar-refractivity contribution in [3.8, 4) is 0 Å². The molecule has 182 valence electrons. The van der Waals surface area contributed by atoms with E-state index in [2.05, 4.69) is 16.0 Å². The summed E-state index contributed by atoms with van der Waals surface area (Å²) in [6.45, 7) is 6.72. The van der Waals surface area contributed by atoms with E-state index >= 15 is 0 Å². The van der Waals surface area contributed by atoms with E-state index in [1.165, 1.54) is 0 Å². The Hall–Kier alpha value is -3.22. The number of carbonyl (C=O) groups excluding carboxylic acids is 3. The van der Waals surface area contributed by atoms with Crippen LogP contribution in [0.5, 0.6) is 0 Å². The molecule has 0 radical (unpaired) electrons. The van der Waals surface area contributed by atoms with Gasteiger partial charge in [0, 0.05) is 0 Å². The van der Waals surface area contributed by atoms with Crippen LogP contribution in [0.3, 0.4) is 0 Å². The molecule has 32 heavy (non-hydrogen) atoms. The van der Waals surface area contributed by atoms with Crippen molar-refractivity contribution in [2.45, 2.75) is 71.1 Å². The summed E-state index contributed by atoms with van der Waals surface area (Å²) >= 11 is 0. The first-order chi connectivity index (χ1) is 14.6. The molecule has 0 aromatic carbocycles. The van der Waals surface area contributed by atoms with Crippen molar-refractivity contribution >= 4 is 35.6 Å². The first-order valence-corrected chi connectivity index (χ1v) is 9.98. The summed E-state index contributed by atoms with van der Waals surface area (Å²) in [6.07, 6.45) is -1.70. The third-order valence-electron chi connectivity index (χ3n) is 4.37. The molecule has 0 saturated heterocycles. The number of amides is 3. The normalized spacial score (nSPS) is 14.7. The van der Waals surface area contributed by atoms with Gasteiger partial charge in [0.15, 0.2) is 0 Å². The van der Waals surface area contributed by atoms with Crippen LogP contribution in [0.2, 0.25) is 0 Å². The third-order valence-corrected chi connectivity index (χ3v) is 4.37. The molecular weight excluding hydrogens is 428 g/mol. The van der Waals surface area contributed by atoms with Gasteiger partial charge in [0.25, 0.3) is 0 Å². The van der Waals surface area contributed by atoms with Crippen molar-refractivity contribution in [3.63, 3.8) is 0 Å². The predicted molar refractivity (Wildman–Crippen MR) is 110 cm³/mol. The molecule has 4 unspecified atom stereocenters. The zero-order chi connectivity index (χ0) is 25.2. The zero-order valence-electron chi connectivity index (χ0n) is 18.5. The number of hydrogen-bond donors (Lipinski definition) is 7. The molecule has 0 aliphatic rings. The van der Waals surface area contributed by atoms with Crippen LogP contribution in [0.4, 0.5) is 0 Å². The highest BCUT2D eigenvalue weighted by molar-refractivity contribution is 5.96. The molecule has 0 rings (SSSR count). The molecule has 13 heteroatoms. The molecule has 0 aliphatic carbocycles. The Morgan fingerprint density at radius 2 is 1.06 bits per heavy atom. The van der Waals surface area contributed by atoms with Gasteiger partial charge < -0.3 is 37.0 Å². The van der Waals surface area contributed by atoms with Crippen molar-refractivity contribution in [2.24, 2.45) is 17.6 Å². The standard InChI is InChI=1S/C19H32N4O9/c1-8(2)5-12(19(31)32)23-17(29)10(6-13(24)25)21-16(28)11(7-14(26)27)22-18(30)15(20)9(3)4/h8-12,15H,5-7,20H2,1-4H3,(H,21,28)(H,22,30)(H,23,29)(H,24,25)(H,26,27)(H,31,32). The van der Waals surface area contributed by atoms with Crippen LogP contribution in [-0.4, -0.2) is 75.1 Å². The van der Waals surface area contributed by atoms with Crippen LogP contribution >= 0.6 is 0 Å². The molecule has 0 saturated carbocycles. The number of rotatable bonds is 14. The van der Waals surface area contributed by atoms with Crippen molar-refractivity contribution in [1.82, 2.24) is 16.0 Å². The number of carbonyl (C=O) groups is 6. The summed E-state index contributed by atoms with van der Waals surface area (Å²) < 4.78 is 0. The topological polar surface area (TPSA) is 225 Å². The first-order valence-electron chi connectivity index (χ1n) is 9.98. The Kier molecular flexibility index (Phi) is 11.9. The maximum Gasteiger partial charge on any atom is 0.326 e. The Labute approximate surface area is 185 Å². The molecule has 0 aromatic rings. The molecule has 3 amide bonds. The highest BCUT2D eigenvalue weighted by atomic mass is 16.4. The molecular formula is C19H32N4O9. The van der Waals surface area contributed by atoms with Crippen molar-refractivity contribution < 1.29 is 44.1 Å². The van der Waals surface area contributed by atoms with Crippen LogP contribution < -0.4 is 21.7 Å². The quantitative estimate of drug-likeness (QED) is 0.159. The lowest BCUT2D eigenvalue weighted by Crippen LogP contribution is -2.58. The van der Waals surface area contributed by atoms with Crippen molar-refractivity contribution in [1.29, 1.82) is 0 Å². The number of carboxylic acid groups (broad SMARTS) is 3. The molecule has 0 fully saturated rings. The number of aliphatic carboxylic acids is 3. The lowest BCUT2D eigenvalue weighted by atomic mass is 10.0. The average molecular weight is 460 g/mol. The fourth-order valence-corrected chi connectivity index (χ4v) is 2.58. The van der Waals surface area contributed by atoms with E-state index in [1.54, 1.807) is 27.7 Å². The van der Waals surface area contributed by atoms with E-state index in [0.29, 0.717) is 0 Å². The zero-order valence-corrected chi connectivity index (χ0v) is 18.5. The summed E-state index contributed by atoms with van der Waals surface area (Å²) in [5.41, 5.74) is 5.69. The van der Waals surface area contributed by atoms with E-state index in [0.717, 1.165) is 0 Å². The van der Waals surface area contributed by atoms with Gasteiger partial charge in [0.05, 0.1) is 18.9 Å². The molecule has 0 aliphatic heterocycles. The third kappa shape index (κ3) is 10.7. The van der Waals surface area contributed by atoms with Gasteiger partial charge in [0.1, 0.15) is 18.1 Å². The second-order valence-electron chi connectivity index (χ2n) is 8.12. The van der Waals surface area contributed by atoms with Gasteiger partial charge in [-0.05, 0) is 18.3 Å². The SMILES string of the molecule is CC(C)CC(NC(=O)C(CC(=O)O)NC(=O)C(CC(=O)O)NC(=O)C(N)C(C)C)C(=O)O. The highest BCUT2D eigenvalue weighted by Gasteiger charge is 2.33. The fourth-order valence-electron chi connectivity index (χ4n) is 2.58. The minimum Gasteiger partial charge on any atom is -0.481 e. The first kappa shape index (κ1) is 28.8. The van der Waals surface area contributed by atoms with Crippen molar-refractivity contribution in [2.75, 3.05) is 0 Å². The minimum absolute atomic E-state index is 0.0552. The van der Waals surface area contributed by atoms with Gasteiger partial charge in [-0.25, -0.2) is 4.79 Å². The van der Waals surface area contributed by atoms with Gasteiger partial charge >= 0.3 is 17.9 Å². The molecule has 0 spiro atoms. The second-order valence-corrected chi connectivity index (χ2v) is 8.12. The van der Waals surface area contributed by atoms with Crippen LogP contribution in [0.1, 0.15) is 47.0 Å². The molecule has 4 atom stereocenters. The molecule has 8 N–H and O–H groups in total. The van der Waals surface area contributed by atoms with Crippen LogP contribution in [0.25, 0.3) is 0 Å². The summed E-state index contributed by atoms with van der Waals surface area (Å²) in [4.78, 5) is 70.9. The summed E-state index contributed by atoms with van der Waals surface area (Å²) in [7, 11) is 0. The van der Waals surface area contributed by atoms with Crippen LogP contribution in [0, 0.1) is 11.8 Å². The maximum atomic E-state index is 12.6. The monoisotopic (exact) mass is 460 g/mol. The van der Waals surface area contributed by atoms with E-state index in [4.69, 9.17) is 15.9 Å². The number of carboxylic acids is 3. The minimum atomic E-state index is -1.71. The number of nitrogens with two attached hydrogens (primary N) is 1. The van der Waals surface area contributed by atoms with Gasteiger partial charge in [-0.15, -0.1) is 0 Å². The van der Waals surface area contributed by atoms with Crippen LogP contribution in [0.15, 0.2) is 0 Å². The lowest BCUT2D eigenvalue weighted by Gasteiger charge is -2.24. The number of nitrogens with one attached hydrogen (secondary N) is 3. The molecule has 0 aromatic heterocycles. The second kappa shape index (κ2) is 13.2. The highest BCUT2D eigenvalue weighted by Crippen LogP contribution is 2.07. The molecule has 0 heterocycles. The number of hydrogen-bond acceptors (Lipinski definition) is 7. The van der Waals surface area contributed by atoms with Crippen LogP contribution in [-0.2, 0) is 28.8 Å². The van der Waals surface area contributed by atoms with E-state index in [9.17, 15) is 33.9 Å². The largest absolute Gasteiger partial charge is 0.481 e. The molecule has 0 bridgehead atoms. The van der Waals surface area contributed by atoms with Gasteiger partial charge in [0.2, 0.25) is 17.7 Å². The van der Waals surface area contributed by atoms with E-state index < -0.39 is 72.6 Å². The predicted octanol–water partition coefficient (Wildman–Crippen LogP) is -1.50. The summed E-state index contributed by atoms with van der Waals surface area (Å²) in [5, 5.41) is 33.8. The Morgan fingerprint density at radius 1 is 0.688 bits per heavy atom. The van der Waals surface area contributed by atoms with Gasteiger partial charge in [-0.1, -0.05) is 27.7 Å². The Bertz CT molecular complexity index is 724. The summed E-state index contributed by atoms with van der Waals surface area (Å²) in [5.74, 6) is -7.68.